The van der Waals surface area contributed by atoms with Gasteiger partial charge in [0.15, 0.2) is 0 Å². The van der Waals surface area contributed by atoms with Gasteiger partial charge in [-0.05, 0) is 38.1 Å². The lowest BCUT2D eigenvalue weighted by Crippen LogP contribution is -2.37. The molecule has 1 saturated heterocycles. The van der Waals surface area contributed by atoms with Crippen LogP contribution in [0.1, 0.15) is 61.6 Å². The Morgan fingerprint density at radius 1 is 1.37 bits per heavy atom. The maximum atomic E-state index is 12.1. The highest BCUT2D eigenvalue weighted by Gasteiger charge is 2.28. The minimum atomic E-state index is -0.216. The van der Waals surface area contributed by atoms with Gasteiger partial charge in [0.2, 0.25) is 5.89 Å². The molecule has 1 aromatic heterocycles. The minimum Gasteiger partial charge on any atom is -0.346 e. The number of carbonyl (C=O) groups is 1. The van der Waals surface area contributed by atoms with Gasteiger partial charge in [0.25, 0.3) is 11.7 Å². The molecule has 1 saturated carbocycles. The van der Waals surface area contributed by atoms with Crippen molar-refractivity contribution in [1.82, 2.24) is 20.8 Å². The molecule has 2 N–H and O–H groups in total. The van der Waals surface area contributed by atoms with E-state index in [0.717, 1.165) is 25.8 Å². The van der Waals surface area contributed by atoms with Gasteiger partial charge in [-0.3, -0.25) is 4.79 Å². The summed E-state index contributed by atoms with van der Waals surface area (Å²) in [7, 11) is 0. The molecule has 19 heavy (non-hydrogen) atoms. The van der Waals surface area contributed by atoms with Crippen LogP contribution in [0.15, 0.2) is 4.52 Å². The molecule has 0 bridgehead atoms. The largest absolute Gasteiger partial charge is 0.346 e. The Morgan fingerprint density at radius 2 is 2.26 bits per heavy atom. The fourth-order valence-corrected chi connectivity index (χ4v) is 2.96. The number of carbonyl (C=O) groups excluding carboxylic acids is 1. The van der Waals surface area contributed by atoms with Crippen LogP contribution in [-0.4, -0.2) is 28.6 Å². The molecular formula is C13H20N4O2. The monoisotopic (exact) mass is 264 g/mol. The number of nitrogens with one attached hydrogen (secondary N) is 2. The Bertz CT molecular complexity index is 453. The molecule has 3 rings (SSSR count). The standard InChI is InChI=1S/C13H20N4O2/c1-8-4-2-5-9(8)15-12(18)11-16-13(19-17-11)10-6-3-7-14-10/h8-10,14H,2-7H2,1H3,(H,15,18). The molecule has 1 aliphatic heterocycles. The van der Waals surface area contributed by atoms with Crippen molar-refractivity contribution in [3.05, 3.63) is 11.7 Å². The smallest absolute Gasteiger partial charge is 0.292 e. The van der Waals surface area contributed by atoms with Gasteiger partial charge in [-0.25, -0.2) is 0 Å². The number of hydrogen-bond acceptors (Lipinski definition) is 5. The van der Waals surface area contributed by atoms with Crippen LogP contribution in [0.2, 0.25) is 0 Å². The van der Waals surface area contributed by atoms with Crippen LogP contribution in [0.5, 0.6) is 0 Å². The quantitative estimate of drug-likeness (QED) is 0.863. The summed E-state index contributed by atoms with van der Waals surface area (Å²) in [5, 5.41) is 10.1. The van der Waals surface area contributed by atoms with Crippen molar-refractivity contribution in [1.29, 1.82) is 0 Å². The lowest BCUT2D eigenvalue weighted by Gasteiger charge is -2.15. The van der Waals surface area contributed by atoms with Crippen LogP contribution in [0, 0.1) is 5.92 Å². The average molecular weight is 264 g/mol. The Hall–Kier alpha value is -1.43. The Kier molecular flexibility index (Phi) is 3.50. The molecule has 0 aromatic carbocycles. The highest BCUT2D eigenvalue weighted by atomic mass is 16.5. The summed E-state index contributed by atoms with van der Waals surface area (Å²) in [6, 6.07) is 0.360. The maximum absolute atomic E-state index is 12.1. The Morgan fingerprint density at radius 3 is 2.95 bits per heavy atom. The second-order valence-electron chi connectivity index (χ2n) is 5.59. The summed E-state index contributed by atoms with van der Waals surface area (Å²) in [5.74, 6) is 1.00. The van der Waals surface area contributed by atoms with E-state index in [1.54, 1.807) is 0 Å². The molecule has 6 nitrogen and oxygen atoms in total. The summed E-state index contributed by atoms with van der Waals surface area (Å²) in [6.07, 6.45) is 5.49. The Labute approximate surface area is 112 Å². The first-order valence-electron chi connectivity index (χ1n) is 7.12. The van der Waals surface area contributed by atoms with Gasteiger partial charge in [0, 0.05) is 6.04 Å². The topological polar surface area (TPSA) is 80.0 Å². The maximum Gasteiger partial charge on any atom is 0.292 e. The predicted molar refractivity (Wildman–Crippen MR) is 68.5 cm³/mol. The highest BCUT2D eigenvalue weighted by Crippen LogP contribution is 2.25. The van der Waals surface area contributed by atoms with Crippen molar-refractivity contribution in [3.8, 4) is 0 Å². The Balaban J connectivity index is 1.63. The molecule has 2 fully saturated rings. The van der Waals surface area contributed by atoms with Crippen molar-refractivity contribution in [3.63, 3.8) is 0 Å². The van der Waals surface area contributed by atoms with E-state index in [4.69, 9.17) is 4.52 Å². The van der Waals surface area contributed by atoms with Gasteiger partial charge in [-0.15, -0.1) is 0 Å². The van der Waals surface area contributed by atoms with Gasteiger partial charge in [-0.2, -0.15) is 4.98 Å². The van der Waals surface area contributed by atoms with E-state index in [1.807, 2.05) is 0 Å². The normalized spacial score (nSPS) is 30.7. The highest BCUT2D eigenvalue weighted by molar-refractivity contribution is 5.90. The lowest BCUT2D eigenvalue weighted by atomic mass is 10.1. The summed E-state index contributed by atoms with van der Waals surface area (Å²) >= 11 is 0. The van der Waals surface area contributed by atoms with Crippen LogP contribution < -0.4 is 10.6 Å². The molecule has 6 heteroatoms. The first kappa shape index (κ1) is 12.6. The van der Waals surface area contributed by atoms with Gasteiger partial charge in [-0.1, -0.05) is 18.5 Å². The van der Waals surface area contributed by atoms with E-state index in [1.165, 1.54) is 12.8 Å². The first-order chi connectivity index (χ1) is 9.24. The van der Waals surface area contributed by atoms with Crippen molar-refractivity contribution in [2.75, 3.05) is 6.54 Å². The zero-order valence-electron chi connectivity index (χ0n) is 11.2. The summed E-state index contributed by atoms with van der Waals surface area (Å²) < 4.78 is 5.18. The second kappa shape index (κ2) is 5.28. The van der Waals surface area contributed by atoms with E-state index in [-0.39, 0.29) is 23.8 Å². The van der Waals surface area contributed by atoms with Crippen LogP contribution >= 0.6 is 0 Å². The zero-order valence-corrected chi connectivity index (χ0v) is 11.2. The third-order valence-corrected chi connectivity index (χ3v) is 4.18. The van der Waals surface area contributed by atoms with E-state index < -0.39 is 0 Å². The molecular weight excluding hydrogens is 244 g/mol. The van der Waals surface area contributed by atoms with Crippen LogP contribution in [0.3, 0.4) is 0 Å². The SMILES string of the molecule is CC1CCCC1NC(=O)c1noc(C2CCCN2)n1. The first-order valence-corrected chi connectivity index (χ1v) is 7.12. The molecule has 2 heterocycles. The van der Waals surface area contributed by atoms with E-state index in [9.17, 15) is 4.79 Å². The van der Waals surface area contributed by atoms with Crippen molar-refractivity contribution in [2.24, 2.45) is 5.92 Å². The third kappa shape index (κ3) is 2.63. The fraction of sp³-hybridized carbons (Fsp3) is 0.769. The summed E-state index contributed by atoms with van der Waals surface area (Å²) in [6.45, 7) is 3.14. The summed E-state index contributed by atoms with van der Waals surface area (Å²) in [4.78, 5) is 16.3. The van der Waals surface area contributed by atoms with E-state index in [2.05, 4.69) is 27.7 Å². The molecule has 0 radical (unpaired) electrons. The fourth-order valence-electron chi connectivity index (χ4n) is 2.96. The van der Waals surface area contributed by atoms with Crippen LogP contribution in [0.25, 0.3) is 0 Å². The van der Waals surface area contributed by atoms with Gasteiger partial charge in [0.1, 0.15) is 0 Å². The molecule has 1 aliphatic carbocycles. The molecule has 3 unspecified atom stereocenters. The number of aromatic nitrogens is 2. The average Bonchev–Trinajstić information content (AvgIpc) is 3.09. The molecule has 1 amide bonds. The van der Waals surface area contributed by atoms with Gasteiger partial charge < -0.3 is 15.2 Å². The van der Waals surface area contributed by atoms with E-state index in [0.29, 0.717) is 11.8 Å². The zero-order chi connectivity index (χ0) is 13.2. The van der Waals surface area contributed by atoms with Crippen LogP contribution in [0.4, 0.5) is 0 Å². The van der Waals surface area contributed by atoms with Crippen molar-refractivity contribution in [2.45, 2.75) is 51.1 Å². The van der Waals surface area contributed by atoms with Crippen molar-refractivity contribution >= 4 is 5.91 Å². The number of hydrogen-bond donors (Lipinski definition) is 2. The number of rotatable bonds is 3. The van der Waals surface area contributed by atoms with Gasteiger partial charge in [0.05, 0.1) is 6.04 Å². The third-order valence-electron chi connectivity index (χ3n) is 4.18. The van der Waals surface area contributed by atoms with E-state index >= 15 is 0 Å². The molecule has 0 spiro atoms. The lowest BCUT2D eigenvalue weighted by molar-refractivity contribution is 0.0916. The number of nitrogens with zero attached hydrogens (tertiary/aromatic N) is 2. The minimum absolute atomic E-state index is 0.111. The van der Waals surface area contributed by atoms with Crippen molar-refractivity contribution < 1.29 is 9.32 Å². The molecule has 2 aliphatic rings. The summed E-state index contributed by atoms with van der Waals surface area (Å²) in [5.41, 5.74) is 0. The second-order valence-corrected chi connectivity index (χ2v) is 5.59. The number of amides is 1. The predicted octanol–water partition coefficient (Wildman–Crippen LogP) is 1.41. The van der Waals surface area contributed by atoms with Crippen LogP contribution in [-0.2, 0) is 0 Å². The molecule has 1 aromatic rings. The molecule has 3 atom stereocenters. The molecule has 104 valence electrons. The van der Waals surface area contributed by atoms with Gasteiger partial charge >= 0.3 is 0 Å².